The van der Waals surface area contributed by atoms with Gasteiger partial charge in [0.1, 0.15) is 5.82 Å². The van der Waals surface area contributed by atoms with E-state index >= 15 is 0 Å². The van der Waals surface area contributed by atoms with Crippen LogP contribution in [0.2, 0.25) is 0 Å². The molecule has 4 rings (SSSR count). The predicted octanol–water partition coefficient (Wildman–Crippen LogP) is 2.89. The van der Waals surface area contributed by atoms with Gasteiger partial charge in [0.25, 0.3) is 5.56 Å². The fourth-order valence-electron chi connectivity index (χ4n) is 3.34. The van der Waals surface area contributed by atoms with Gasteiger partial charge in [-0.15, -0.1) is 0 Å². The molecule has 0 aliphatic carbocycles. The number of anilines is 1. The number of aryl methyl sites for hydroxylation is 1. The van der Waals surface area contributed by atoms with Crippen LogP contribution in [-0.2, 0) is 16.8 Å². The number of aromatic amines is 2. The van der Waals surface area contributed by atoms with Crippen molar-refractivity contribution in [1.82, 2.24) is 19.5 Å². The average molecular weight is 405 g/mol. The van der Waals surface area contributed by atoms with Gasteiger partial charge in [0.05, 0.1) is 21.9 Å². The van der Waals surface area contributed by atoms with E-state index in [1.54, 1.807) is 30.3 Å². The van der Waals surface area contributed by atoms with E-state index in [0.29, 0.717) is 16.6 Å². The molecule has 30 heavy (non-hydrogen) atoms. The molecule has 0 unspecified atom stereocenters. The van der Waals surface area contributed by atoms with E-state index in [0.717, 1.165) is 16.9 Å². The Hall–Kier alpha value is -3.68. The Morgan fingerprint density at radius 1 is 1.10 bits per heavy atom. The summed E-state index contributed by atoms with van der Waals surface area (Å²) in [5.41, 5.74) is 1.78. The van der Waals surface area contributed by atoms with E-state index in [-0.39, 0.29) is 24.3 Å². The molecule has 1 amide bonds. The molecule has 0 aliphatic heterocycles. The summed E-state index contributed by atoms with van der Waals surface area (Å²) in [5.74, 6) is 0.650. The van der Waals surface area contributed by atoms with Gasteiger partial charge in [-0.1, -0.05) is 32.9 Å². The Kier molecular flexibility index (Phi) is 4.77. The fraction of sp³-hybridized carbons (Fsp3) is 0.273. The summed E-state index contributed by atoms with van der Waals surface area (Å²) in [7, 11) is 0. The maximum Gasteiger partial charge on any atom is 0.328 e. The van der Waals surface area contributed by atoms with Gasteiger partial charge in [-0.25, -0.2) is 9.78 Å². The van der Waals surface area contributed by atoms with Crippen LogP contribution in [0, 0.1) is 0 Å². The van der Waals surface area contributed by atoms with Gasteiger partial charge in [-0.3, -0.25) is 19.1 Å². The molecule has 154 valence electrons. The second kappa shape index (κ2) is 7.29. The highest BCUT2D eigenvalue weighted by atomic mass is 16.2. The van der Waals surface area contributed by atoms with Crippen molar-refractivity contribution in [2.24, 2.45) is 0 Å². The van der Waals surface area contributed by atoms with Gasteiger partial charge in [0.2, 0.25) is 5.91 Å². The summed E-state index contributed by atoms with van der Waals surface area (Å²) in [4.78, 5) is 46.8. The van der Waals surface area contributed by atoms with Crippen molar-refractivity contribution in [3.8, 4) is 0 Å². The number of carbonyl (C=O) groups excluding carboxylic acids is 1. The van der Waals surface area contributed by atoms with Crippen LogP contribution in [0.3, 0.4) is 0 Å². The molecule has 0 saturated heterocycles. The highest BCUT2D eigenvalue weighted by molar-refractivity contribution is 5.93. The van der Waals surface area contributed by atoms with Crippen LogP contribution < -0.4 is 16.6 Å². The molecule has 4 aromatic rings. The quantitative estimate of drug-likeness (QED) is 0.484. The second-order valence-corrected chi connectivity index (χ2v) is 8.29. The number of amides is 1. The molecular weight excluding hydrogens is 382 g/mol. The van der Waals surface area contributed by atoms with Gasteiger partial charge in [0, 0.05) is 24.1 Å². The van der Waals surface area contributed by atoms with Crippen molar-refractivity contribution in [1.29, 1.82) is 0 Å². The highest BCUT2D eigenvalue weighted by Gasteiger charge is 2.18. The van der Waals surface area contributed by atoms with Gasteiger partial charge < -0.3 is 10.3 Å². The first-order valence-corrected chi connectivity index (χ1v) is 9.74. The number of hydrogen-bond donors (Lipinski definition) is 3. The minimum absolute atomic E-state index is 0.0875. The van der Waals surface area contributed by atoms with Gasteiger partial charge in [-0.05, 0) is 30.3 Å². The molecule has 0 spiro atoms. The monoisotopic (exact) mass is 405 g/mol. The zero-order valence-corrected chi connectivity index (χ0v) is 17.1. The molecular formula is C22H23N5O3. The number of imidazole rings is 1. The number of hydrogen-bond acceptors (Lipinski definition) is 4. The van der Waals surface area contributed by atoms with E-state index in [1.807, 2.05) is 12.1 Å². The number of fused-ring (bicyclic) bond motifs is 2. The minimum Gasteiger partial charge on any atom is -0.341 e. The van der Waals surface area contributed by atoms with Crippen LogP contribution in [0.25, 0.3) is 21.9 Å². The Bertz CT molecular complexity index is 1370. The Labute approximate surface area is 172 Å². The Morgan fingerprint density at radius 3 is 2.63 bits per heavy atom. The molecule has 0 aliphatic rings. The lowest BCUT2D eigenvalue weighted by Crippen LogP contribution is -2.31. The normalized spacial score (nSPS) is 11.8. The third kappa shape index (κ3) is 3.76. The molecule has 0 fully saturated rings. The first kappa shape index (κ1) is 19.6. The molecule has 0 radical (unpaired) electrons. The molecule has 8 nitrogen and oxygen atoms in total. The Balaban J connectivity index is 1.51. The summed E-state index contributed by atoms with van der Waals surface area (Å²) in [6.07, 6.45) is 0.0875. The molecule has 2 aromatic carbocycles. The van der Waals surface area contributed by atoms with Crippen LogP contribution in [0.1, 0.15) is 33.0 Å². The molecule has 0 saturated carbocycles. The number of para-hydroxylation sites is 1. The molecule has 3 N–H and O–H groups in total. The number of rotatable bonds is 4. The fourth-order valence-corrected chi connectivity index (χ4v) is 3.34. The molecule has 2 heterocycles. The molecule has 8 heteroatoms. The lowest BCUT2D eigenvalue weighted by molar-refractivity contribution is -0.116. The van der Waals surface area contributed by atoms with Crippen LogP contribution in [0.4, 0.5) is 5.69 Å². The van der Waals surface area contributed by atoms with Crippen LogP contribution in [0.5, 0.6) is 0 Å². The molecule has 2 aromatic heterocycles. The van der Waals surface area contributed by atoms with Crippen molar-refractivity contribution in [2.45, 2.75) is 39.2 Å². The molecule has 0 atom stereocenters. The van der Waals surface area contributed by atoms with Crippen molar-refractivity contribution < 1.29 is 4.79 Å². The number of benzene rings is 2. The van der Waals surface area contributed by atoms with E-state index in [4.69, 9.17) is 0 Å². The highest BCUT2D eigenvalue weighted by Crippen LogP contribution is 2.24. The number of aromatic nitrogens is 4. The summed E-state index contributed by atoms with van der Waals surface area (Å²) >= 11 is 0. The summed E-state index contributed by atoms with van der Waals surface area (Å²) in [5, 5.41) is 3.27. The van der Waals surface area contributed by atoms with Crippen molar-refractivity contribution in [2.75, 3.05) is 5.32 Å². The maximum absolute atomic E-state index is 12.5. The lowest BCUT2D eigenvalue weighted by atomic mass is 9.96. The number of nitrogens with one attached hydrogen (secondary N) is 3. The van der Waals surface area contributed by atoms with Crippen LogP contribution in [0.15, 0.2) is 52.1 Å². The smallest absolute Gasteiger partial charge is 0.328 e. The van der Waals surface area contributed by atoms with Crippen molar-refractivity contribution >= 4 is 33.5 Å². The SMILES string of the molecule is CC(C)(C)c1nc2ccc(NC(=O)CCn3c(=O)[nH]c(=O)c4ccccc43)cc2[nH]1. The lowest BCUT2D eigenvalue weighted by Gasteiger charge is -2.13. The first-order valence-electron chi connectivity index (χ1n) is 9.74. The van der Waals surface area contributed by atoms with E-state index in [1.165, 1.54) is 4.57 Å². The second-order valence-electron chi connectivity index (χ2n) is 8.29. The van der Waals surface area contributed by atoms with E-state index in [9.17, 15) is 14.4 Å². The third-order valence-corrected chi connectivity index (χ3v) is 4.94. The topological polar surface area (TPSA) is 113 Å². The van der Waals surface area contributed by atoms with Crippen molar-refractivity contribution in [3.05, 3.63) is 69.1 Å². The van der Waals surface area contributed by atoms with Gasteiger partial charge in [0.15, 0.2) is 0 Å². The largest absolute Gasteiger partial charge is 0.341 e. The maximum atomic E-state index is 12.5. The van der Waals surface area contributed by atoms with Crippen LogP contribution >= 0.6 is 0 Å². The molecule has 0 bridgehead atoms. The standard InChI is InChI=1S/C22H23N5O3/c1-22(2,3)20-24-15-9-8-13(12-16(15)25-20)23-18(28)10-11-27-17-7-5-4-6-14(17)19(29)26-21(27)30/h4-9,12H,10-11H2,1-3H3,(H,23,28)(H,24,25)(H,26,29,30). The zero-order chi connectivity index (χ0) is 21.5. The zero-order valence-electron chi connectivity index (χ0n) is 17.1. The summed E-state index contributed by atoms with van der Waals surface area (Å²) in [6, 6.07) is 12.3. The van der Waals surface area contributed by atoms with E-state index in [2.05, 4.69) is 41.0 Å². The number of H-pyrrole nitrogens is 2. The predicted molar refractivity (Wildman–Crippen MR) is 117 cm³/mol. The summed E-state index contributed by atoms with van der Waals surface area (Å²) < 4.78 is 1.41. The summed E-state index contributed by atoms with van der Waals surface area (Å²) in [6.45, 7) is 6.39. The average Bonchev–Trinajstić information content (AvgIpc) is 3.12. The van der Waals surface area contributed by atoms with Crippen LogP contribution in [-0.4, -0.2) is 25.4 Å². The van der Waals surface area contributed by atoms with E-state index < -0.39 is 11.2 Å². The van der Waals surface area contributed by atoms with Crippen molar-refractivity contribution in [3.63, 3.8) is 0 Å². The third-order valence-electron chi connectivity index (χ3n) is 4.94. The Morgan fingerprint density at radius 2 is 1.87 bits per heavy atom. The number of nitrogens with zero attached hydrogens (tertiary/aromatic N) is 2. The minimum atomic E-state index is -0.528. The van der Waals surface area contributed by atoms with Gasteiger partial charge >= 0.3 is 5.69 Å². The number of carbonyl (C=O) groups is 1. The first-order chi connectivity index (χ1) is 14.2. The van der Waals surface area contributed by atoms with Gasteiger partial charge in [-0.2, -0.15) is 0 Å².